The lowest BCUT2D eigenvalue weighted by molar-refractivity contribution is -0.122. The van der Waals surface area contributed by atoms with Crippen LogP contribution in [-0.4, -0.2) is 18.4 Å². The van der Waals surface area contributed by atoms with Crippen molar-refractivity contribution in [1.29, 1.82) is 0 Å². The SMILES string of the molecule is C#CCNNC(=O)CCCCCCC(=O)Nc1ccccc1. The minimum Gasteiger partial charge on any atom is -0.326 e. The van der Waals surface area contributed by atoms with Gasteiger partial charge in [-0.05, 0) is 25.0 Å². The Morgan fingerprint density at radius 1 is 0.955 bits per heavy atom. The summed E-state index contributed by atoms with van der Waals surface area (Å²) in [7, 11) is 0. The first-order valence-electron chi connectivity index (χ1n) is 7.52. The Balaban J connectivity index is 1.98. The highest BCUT2D eigenvalue weighted by molar-refractivity contribution is 5.90. The van der Waals surface area contributed by atoms with Gasteiger partial charge in [-0.2, -0.15) is 0 Å². The summed E-state index contributed by atoms with van der Waals surface area (Å²) in [5.41, 5.74) is 5.98. The van der Waals surface area contributed by atoms with E-state index in [4.69, 9.17) is 6.42 Å². The zero-order valence-corrected chi connectivity index (χ0v) is 12.7. The lowest BCUT2D eigenvalue weighted by Gasteiger charge is -2.05. The molecule has 0 saturated carbocycles. The second kappa shape index (κ2) is 11.4. The molecule has 0 bridgehead atoms. The van der Waals surface area contributed by atoms with Crippen molar-refractivity contribution in [2.75, 3.05) is 11.9 Å². The number of carbonyl (C=O) groups is 2. The van der Waals surface area contributed by atoms with Crippen molar-refractivity contribution in [2.45, 2.75) is 38.5 Å². The molecule has 0 fully saturated rings. The molecule has 5 heteroatoms. The Labute approximate surface area is 131 Å². The number of carbonyl (C=O) groups excluding carboxylic acids is 2. The molecule has 3 N–H and O–H groups in total. The van der Waals surface area contributed by atoms with Crippen LogP contribution in [0.3, 0.4) is 0 Å². The van der Waals surface area contributed by atoms with Gasteiger partial charge >= 0.3 is 0 Å². The van der Waals surface area contributed by atoms with Crippen molar-refractivity contribution >= 4 is 17.5 Å². The zero-order valence-electron chi connectivity index (χ0n) is 12.7. The molecule has 0 aromatic heterocycles. The van der Waals surface area contributed by atoms with Crippen LogP contribution in [0.2, 0.25) is 0 Å². The second-order valence-corrected chi connectivity index (χ2v) is 4.93. The molecule has 5 nitrogen and oxygen atoms in total. The maximum atomic E-state index is 11.7. The topological polar surface area (TPSA) is 70.2 Å². The molecule has 0 saturated heterocycles. The molecule has 2 amide bonds. The average Bonchev–Trinajstić information content (AvgIpc) is 2.52. The summed E-state index contributed by atoms with van der Waals surface area (Å²) in [6, 6.07) is 9.42. The first-order valence-corrected chi connectivity index (χ1v) is 7.52. The van der Waals surface area contributed by atoms with E-state index < -0.39 is 0 Å². The van der Waals surface area contributed by atoms with Gasteiger partial charge in [-0.3, -0.25) is 15.0 Å². The first-order chi connectivity index (χ1) is 10.7. The number of nitrogens with one attached hydrogen (secondary N) is 3. The predicted molar refractivity (Wildman–Crippen MR) is 87.8 cm³/mol. The van der Waals surface area contributed by atoms with Crippen LogP contribution in [0.15, 0.2) is 30.3 Å². The number of unbranched alkanes of at least 4 members (excludes halogenated alkanes) is 3. The van der Waals surface area contributed by atoms with Gasteiger partial charge in [0.15, 0.2) is 0 Å². The Kier molecular flexibility index (Phi) is 9.15. The highest BCUT2D eigenvalue weighted by atomic mass is 16.2. The van der Waals surface area contributed by atoms with Crippen molar-refractivity contribution in [3.05, 3.63) is 30.3 Å². The quantitative estimate of drug-likeness (QED) is 0.352. The van der Waals surface area contributed by atoms with Crippen molar-refractivity contribution < 1.29 is 9.59 Å². The summed E-state index contributed by atoms with van der Waals surface area (Å²) in [4.78, 5) is 23.1. The molecule has 0 radical (unpaired) electrons. The number of hydrazine groups is 1. The van der Waals surface area contributed by atoms with Crippen molar-refractivity contribution in [3.63, 3.8) is 0 Å². The molecule has 1 aromatic rings. The maximum absolute atomic E-state index is 11.7. The van der Waals surface area contributed by atoms with E-state index in [9.17, 15) is 9.59 Å². The van der Waals surface area contributed by atoms with Crippen LogP contribution in [0.5, 0.6) is 0 Å². The highest BCUT2D eigenvalue weighted by Gasteiger charge is 2.03. The molecule has 1 aromatic carbocycles. The number of anilines is 1. The van der Waals surface area contributed by atoms with E-state index in [0.717, 1.165) is 31.4 Å². The number of hydrogen-bond donors (Lipinski definition) is 3. The van der Waals surface area contributed by atoms with Crippen LogP contribution in [0.1, 0.15) is 38.5 Å². The van der Waals surface area contributed by atoms with E-state index in [-0.39, 0.29) is 11.8 Å². The Morgan fingerprint density at radius 3 is 2.23 bits per heavy atom. The fourth-order valence-electron chi connectivity index (χ4n) is 1.93. The number of para-hydroxylation sites is 1. The van der Waals surface area contributed by atoms with E-state index >= 15 is 0 Å². The third-order valence-corrected chi connectivity index (χ3v) is 3.03. The summed E-state index contributed by atoms with van der Waals surface area (Å²) in [5, 5.41) is 2.85. The minimum absolute atomic E-state index is 0.0300. The van der Waals surface area contributed by atoms with Crippen LogP contribution in [-0.2, 0) is 9.59 Å². The fraction of sp³-hybridized carbons (Fsp3) is 0.412. The summed E-state index contributed by atoms with van der Waals surface area (Å²) in [5.74, 6) is 2.34. The second-order valence-electron chi connectivity index (χ2n) is 4.93. The van der Waals surface area contributed by atoms with Gasteiger partial charge < -0.3 is 5.32 Å². The third-order valence-electron chi connectivity index (χ3n) is 3.03. The van der Waals surface area contributed by atoms with Crippen LogP contribution in [0.4, 0.5) is 5.69 Å². The van der Waals surface area contributed by atoms with E-state index in [1.807, 2.05) is 30.3 Å². The van der Waals surface area contributed by atoms with E-state index in [2.05, 4.69) is 22.1 Å². The lowest BCUT2D eigenvalue weighted by atomic mass is 10.1. The average molecular weight is 301 g/mol. The number of rotatable bonds is 10. The molecule has 0 aliphatic heterocycles. The van der Waals surface area contributed by atoms with Gasteiger partial charge in [-0.25, -0.2) is 5.43 Å². The molecule has 0 aliphatic rings. The molecule has 22 heavy (non-hydrogen) atoms. The van der Waals surface area contributed by atoms with Gasteiger partial charge in [-0.1, -0.05) is 37.0 Å². The summed E-state index contributed by atoms with van der Waals surface area (Å²) in [6.07, 6.45) is 9.52. The van der Waals surface area contributed by atoms with Crippen molar-refractivity contribution in [2.24, 2.45) is 0 Å². The molecule has 118 valence electrons. The molecular weight excluding hydrogens is 278 g/mol. The number of terminal acetylenes is 1. The van der Waals surface area contributed by atoms with Crippen molar-refractivity contribution in [1.82, 2.24) is 10.9 Å². The Hall–Kier alpha value is -2.32. The Bertz CT molecular complexity index is 494. The molecule has 0 atom stereocenters. The van der Waals surface area contributed by atoms with E-state index in [0.29, 0.717) is 19.4 Å². The predicted octanol–water partition coefficient (Wildman–Crippen LogP) is 2.22. The van der Waals surface area contributed by atoms with Crippen molar-refractivity contribution in [3.8, 4) is 12.3 Å². The van der Waals surface area contributed by atoms with Gasteiger partial charge in [0, 0.05) is 18.5 Å². The van der Waals surface area contributed by atoms with Gasteiger partial charge in [0.2, 0.25) is 11.8 Å². The zero-order chi connectivity index (χ0) is 16.0. The Morgan fingerprint density at radius 2 is 1.59 bits per heavy atom. The van der Waals surface area contributed by atoms with Crippen LogP contribution < -0.4 is 16.2 Å². The minimum atomic E-state index is -0.0583. The standard InChI is InChI=1S/C17H23N3O2/c1-2-14-18-20-17(22)13-9-4-3-8-12-16(21)19-15-10-6-5-7-11-15/h1,5-7,10-11,18H,3-4,8-9,12-14H2,(H,19,21)(H,20,22). The summed E-state index contributed by atoms with van der Waals surface area (Å²) < 4.78 is 0. The fourth-order valence-corrected chi connectivity index (χ4v) is 1.93. The first kappa shape index (κ1) is 17.7. The number of hydrogen-bond acceptors (Lipinski definition) is 3. The largest absolute Gasteiger partial charge is 0.326 e. The maximum Gasteiger partial charge on any atom is 0.234 e. The van der Waals surface area contributed by atoms with E-state index in [1.54, 1.807) is 0 Å². The molecular formula is C17H23N3O2. The van der Waals surface area contributed by atoms with Gasteiger partial charge in [-0.15, -0.1) is 6.42 Å². The molecule has 0 spiro atoms. The van der Waals surface area contributed by atoms with E-state index in [1.165, 1.54) is 0 Å². The monoisotopic (exact) mass is 301 g/mol. The summed E-state index contributed by atoms with van der Waals surface area (Å²) >= 11 is 0. The molecule has 0 unspecified atom stereocenters. The number of amides is 2. The molecule has 0 heterocycles. The number of benzene rings is 1. The lowest BCUT2D eigenvalue weighted by Crippen LogP contribution is -2.37. The summed E-state index contributed by atoms with van der Waals surface area (Å²) in [6.45, 7) is 0.322. The van der Waals surface area contributed by atoms with Crippen LogP contribution >= 0.6 is 0 Å². The molecule has 1 rings (SSSR count). The van der Waals surface area contributed by atoms with Crippen LogP contribution in [0.25, 0.3) is 0 Å². The van der Waals surface area contributed by atoms with Crippen LogP contribution in [0, 0.1) is 12.3 Å². The normalized spacial score (nSPS) is 9.77. The van der Waals surface area contributed by atoms with Gasteiger partial charge in [0.05, 0.1) is 6.54 Å². The third kappa shape index (κ3) is 8.77. The van der Waals surface area contributed by atoms with Gasteiger partial charge in [0.1, 0.15) is 0 Å². The molecule has 0 aliphatic carbocycles. The smallest absolute Gasteiger partial charge is 0.234 e. The van der Waals surface area contributed by atoms with Gasteiger partial charge in [0.25, 0.3) is 0 Å². The highest BCUT2D eigenvalue weighted by Crippen LogP contribution is 2.09.